The molecule has 0 aliphatic carbocycles. The van der Waals surface area contributed by atoms with Gasteiger partial charge in [-0.05, 0) is 6.42 Å². The van der Waals surface area contributed by atoms with Crippen LogP contribution in [0.5, 0.6) is 0 Å². The van der Waals surface area contributed by atoms with Crippen LogP contribution < -0.4 is 5.32 Å². The van der Waals surface area contributed by atoms with Crippen molar-refractivity contribution in [3.63, 3.8) is 0 Å². The Balaban J connectivity index is 4.63. The highest BCUT2D eigenvalue weighted by Crippen LogP contribution is 2.40. The van der Waals surface area contributed by atoms with Crippen molar-refractivity contribution in [3.05, 3.63) is 12.7 Å². The first-order valence-electron chi connectivity index (χ1n) is 4.57. The quantitative estimate of drug-likeness (QED) is 0.294. The van der Waals surface area contributed by atoms with E-state index in [-0.39, 0.29) is 6.42 Å². The predicted molar refractivity (Wildman–Crippen MR) is 57.5 cm³/mol. The lowest BCUT2D eigenvalue weighted by molar-refractivity contribution is -0.140. The van der Waals surface area contributed by atoms with Crippen LogP contribution in [-0.4, -0.2) is 43.8 Å². The maximum atomic E-state index is 10.9. The second kappa shape index (κ2) is 6.51. The molecule has 0 bridgehead atoms. The molecule has 0 aliphatic heterocycles. The van der Waals surface area contributed by atoms with Crippen LogP contribution in [-0.2, 0) is 14.2 Å². The number of rotatable bonds is 8. The second-order valence-corrected chi connectivity index (χ2v) is 4.99. The van der Waals surface area contributed by atoms with Crippen molar-refractivity contribution in [1.29, 1.82) is 0 Å². The SMILES string of the molecule is C=CC(NC(CCC(=O)O)C(=O)O)P(=O)(O)O. The zero-order chi connectivity index (χ0) is 13.6. The third-order valence-electron chi connectivity index (χ3n) is 1.90. The molecule has 0 rings (SSSR count). The first-order chi connectivity index (χ1) is 7.68. The molecule has 2 unspecified atom stereocenters. The fourth-order valence-electron chi connectivity index (χ4n) is 1.05. The Kier molecular flexibility index (Phi) is 6.04. The average Bonchev–Trinajstić information content (AvgIpc) is 2.14. The molecular formula is C8H14NO7P. The zero-order valence-electron chi connectivity index (χ0n) is 8.81. The summed E-state index contributed by atoms with van der Waals surface area (Å²) in [6, 6.07) is -1.36. The highest BCUT2D eigenvalue weighted by atomic mass is 31.2. The van der Waals surface area contributed by atoms with E-state index in [0.717, 1.165) is 6.08 Å². The van der Waals surface area contributed by atoms with Gasteiger partial charge in [-0.3, -0.25) is 19.5 Å². The third kappa shape index (κ3) is 6.18. The maximum absolute atomic E-state index is 10.9. The van der Waals surface area contributed by atoms with E-state index in [1.54, 1.807) is 0 Å². The highest BCUT2D eigenvalue weighted by Gasteiger charge is 2.30. The van der Waals surface area contributed by atoms with Crippen LogP contribution in [0.25, 0.3) is 0 Å². The molecule has 0 spiro atoms. The smallest absolute Gasteiger partial charge is 0.346 e. The largest absolute Gasteiger partial charge is 0.481 e. The fourth-order valence-corrected chi connectivity index (χ4v) is 1.70. The summed E-state index contributed by atoms with van der Waals surface area (Å²) >= 11 is 0. The minimum absolute atomic E-state index is 0.283. The molecule has 0 saturated carbocycles. The first-order valence-corrected chi connectivity index (χ1v) is 6.25. The maximum Gasteiger partial charge on any atom is 0.346 e. The zero-order valence-corrected chi connectivity index (χ0v) is 9.71. The Hall–Kier alpha value is -1.21. The molecular weight excluding hydrogens is 253 g/mol. The van der Waals surface area contributed by atoms with E-state index in [1.165, 1.54) is 0 Å². The lowest BCUT2D eigenvalue weighted by Crippen LogP contribution is -2.42. The van der Waals surface area contributed by atoms with E-state index in [4.69, 9.17) is 20.0 Å². The Labute approximate surface area is 97.1 Å². The van der Waals surface area contributed by atoms with E-state index in [2.05, 4.69) is 11.9 Å². The summed E-state index contributed by atoms with van der Waals surface area (Å²) < 4.78 is 10.9. The van der Waals surface area contributed by atoms with E-state index in [1.807, 2.05) is 0 Å². The van der Waals surface area contributed by atoms with Crippen molar-refractivity contribution in [2.75, 3.05) is 0 Å². The van der Waals surface area contributed by atoms with Gasteiger partial charge in [-0.2, -0.15) is 0 Å². The monoisotopic (exact) mass is 267 g/mol. The molecule has 98 valence electrons. The standard InChI is InChI=1S/C8H14NO7P/c1-2-6(17(14,15)16)9-5(8(12)13)3-4-7(10)11/h2,5-6,9H,1,3-4H2,(H,10,11)(H,12,13)(H2,14,15,16). The lowest BCUT2D eigenvalue weighted by Gasteiger charge is -2.20. The molecule has 5 N–H and O–H groups in total. The number of carbonyl (C=O) groups is 2. The van der Waals surface area contributed by atoms with Gasteiger partial charge in [-0.25, -0.2) is 0 Å². The molecule has 17 heavy (non-hydrogen) atoms. The number of nitrogens with one attached hydrogen (secondary N) is 1. The van der Waals surface area contributed by atoms with Gasteiger partial charge in [-0.15, -0.1) is 6.58 Å². The van der Waals surface area contributed by atoms with Gasteiger partial charge in [0.2, 0.25) is 0 Å². The van der Waals surface area contributed by atoms with Crippen LogP contribution in [0.2, 0.25) is 0 Å². The van der Waals surface area contributed by atoms with Gasteiger partial charge in [0.15, 0.2) is 0 Å². The topological polar surface area (TPSA) is 144 Å². The first kappa shape index (κ1) is 15.8. The number of hydrogen-bond acceptors (Lipinski definition) is 4. The summed E-state index contributed by atoms with van der Waals surface area (Å²) in [5, 5.41) is 19.3. The summed E-state index contributed by atoms with van der Waals surface area (Å²) in [6.45, 7) is 3.17. The van der Waals surface area contributed by atoms with E-state index in [0.29, 0.717) is 0 Å². The molecule has 0 aromatic carbocycles. The normalized spacial score (nSPS) is 14.9. The Morgan fingerprint density at radius 1 is 1.35 bits per heavy atom. The van der Waals surface area contributed by atoms with Crippen molar-refractivity contribution < 1.29 is 34.2 Å². The van der Waals surface area contributed by atoms with Crippen molar-refractivity contribution in [2.24, 2.45) is 0 Å². The van der Waals surface area contributed by atoms with Crippen LogP contribution in [0.3, 0.4) is 0 Å². The number of aliphatic carboxylic acids is 2. The summed E-state index contributed by atoms with van der Waals surface area (Å²) in [6.07, 6.45) is 0.182. The average molecular weight is 267 g/mol. The molecule has 0 aromatic heterocycles. The van der Waals surface area contributed by atoms with Crippen LogP contribution in [0.4, 0.5) is 0 Å². The van der Waals surface area contributed by atoms with E-state index >= 15 is 0 Å². The molecule has 0 aromatic rings. The molecule has 8 nitrogen and oxygen atoms in total. The van der Waals surface area contributed by atoms with Gasteiger partial charge in [0.25, 0.3) is 0 Å². The summed E-state index contributed by atoms with van der Waals surface area (Å²) in [5.41, 5.74) is 0. The Morgan fingerprint density at radius 3 is 2.18 bits per heavy atom. The summed E-state index contributed by atoms with van der Waals surface area (Å²) in [4.78, 5) is 38.7. The third-order valence-corrected chi connectivity index (χ3v) is 2.99. The predicted octanol–water partition coefficient (Wildman–Crippen LogP) is -0.416. The van der Waals surface area contributed by atoms with Crippen molar-refractivity contribution in [2.45, 2.75) is 24.7 Å². The Morgan fingerprint density at radius 2 is 1.88 bits per heavy atom. The summed E-state index contributed by atoms with van der Waals surface area (Å²) in [7, 11) is -4.56. The molecule has 0 fully saturated rings. The van der Waals surface area contributed by atoms with E-state index in [9.17, 15) is 14.2 Å². The van der Waals surface area contributed by atoms with Gasteiger partial charge >= 0.3 is 19.5 Å². The fraction of sp³-hybridized carbons (Fsp3) is 0.500. The van der Waals surface area contributed by atoms with Crippen molar-refractivity contribution >= 4 is 19.5 Å². The molecule has 0 saturated heterocycles. The van der Waals surface area contributed by atoms with E-state index < -0.39 is 37.8 Å². The number of hydrogen-bond donors (Lipinski definition) is 5. The van der Waals surface area contributed by atoms with Crippen LogP contribution >= 0.6 is 7.60 Å². The summed E-state index contributed by atoms with van der Waals surface area (Å²) in [5.74, 6) is -4.09. The van der Waals surface area contributed by atoms with Crippen molar-refractivity contribution in [1.82, 2.24) is 5.32 Å². The molecule has 0 heterocycles. The molecule has 0 aliphatic rings. The van der Waals surface area contributed by atoms with Gasteiger partial charge in [-0.1, -0.05) is 6.08 Å². The van der Waals surface area contributed by atoms with Crippen molar-refractivity contribution in [3.8, 4) is 0 Å². The Bertz CT molecular complexity index is 350. The molecule has 0 radical (unpaired) electrons. The molecule has 2 atom stereocenters. The van der Waals surface area contributed by atoms with Gasteiger partial charge < -0.3 is 20.0 Å². The lowest BCUT2D eigenvalue weighted by atomic mass is 10.1. The second-order valence-electron chi connectivity index (χ2n) is 3.26. The number of carboxylic acids is 2. The molecule has 9 heteroatoms. The van der Waals surface area contributed by atoms with Crippen LogP contribution in [0.15, 0.2) is 12.7 Å². The van der Waals surface area contributed by atoms with Crippen LogP contribution in [0.1, 0.15) is 12.8 Å². The van der Waals surface area contributed by atoms with Gasteiger partial charge in [0.05, 0.1) is 0 Å². The van der Waals surface area contributed by atoms with Crippen LogP contribution in [0, 0.1) is 0 Å². The highest BCUT2D eigenvalue weighted by molar-refractivity contribution is 7.52. The minimum Gasteiger partial charge on any atom is -0.481 e. The van der Waals surface area contributed by atoms with Gasteiger partial charge in [0.1, 0.15) is 11.8 Å². The van der Waals surface area contributed by atoms with Gasteiger partial charge in [0, 0.05) is 6.42 Å². The molecule has 0 amide bonds. The number of carboxylic acid groups (broad SMARTS) is 2. The minimum atomic E-state index is -4.56.